The lowest BCUT2D eigenvalue weighted by Crippen LogP contribution is -2.60. The van der Waals surface area contributed by atoms with Crippen molar-refractivity contribution in [1.82, 2.24) is 5.32 Å². The van der Waals surface area contributed by atoms with Crippen molar-refractivity contribution in [3.63, 3.8) is 0 Å². The summed E-state index contributed by atoms with van der Waals surface area (Å²) in [6.07, 6.45) is -2.81. The molecule has 3 aliphatic heterocycles. The van der Waals surface area contributed by atoms with E-state index >= 15 is 0 Å². The number of amides is 1. The Kier molecular flexibility index (Phi) is 5.42. The van der Waals surface area contributed by atoms with Crippen LogP contribution in [0.1, 0.15) is 41.0 Å². The Morgan fingerprint density at radius 2 is 2.07 bits per heavy atom. The number of nitrogens with one attached hydrogen (secondary N) is 1. The van der Waals surface area contributed by atoms with Crippen LogP contribution in [0.3, 0.4) is 0 Å². The quantitative estimate of drug-likeness (QED) is 0.685. The van der Waals surface area contributed by atoms with Crippen molar-refractivity contribution >= 4 is 12.1 Å². The minimum Gasteiger partial charge on any atom is -0.461 e. The monoisotopic (exact) mass is 387 g/mol. The van der Waals surface area contributed by atoms with Crippen LogP contribution in [0.5, 0.6) is 0 Å². The highest BCUT2D eigenvalue weighted by molar-refractivity contribution is 5.81. The summed E-state index contributed by atoms with van der Waals surface area (Å²) in [6.45, 7) is 9.48. The molecule has 0 aromatic carbocycles. The molecule has 9 heteroatoms. The van der Waals surface area contributed by atoms with Gasteiger partial charge in [0.05, 0.1) is 25.4 Å². The van der Waals surface area contributed by atoms with Crippen LogP contribution in [0.4, 0.5) is 4.79 Å². The summed E-state index contributed by atoms with van der Waals surface area (Å²) < 4.78 is 27.7. The molecule has 0 aliphatic carbocycles. The molecule has 9 nitrogen and oxygen atoms in total. The molecule has 1 amide bonds. The minimum absolute atomic E-state index is 0.179. The zero-order chi connectivity index (χ0) is 20.0. The molecular weight excluding hydrogens is 358 g/mol. The third-order valence-corrected chi connectivity index (χ3v) is 5.68. The Morgan fingerprint density at radius 3 is 2.67 bits per heavy atom. The fourth-order valence-corrected chi connectivity index (χ4v) is 4.25. The van der Waals surface area contributed by atoms with Crippen LogP contribution in [-0.4, -0.2) is 66.8 Å². The molecule has 3 rings (SSSR count). The molecule has 7 atom stereocenters. The first-order chi connectivity index (χ1) is 12.6. The average molecular weight is 387 g/mol. The van der Waals surface area contributed by atoms with Crippen molar-refractivity contribution in [2.75, 3.05) is 13.2 Å². The summed E-state index contributed by atoms with van der Waals surface area (Å²) in [5.41, 5.74) is -1.21. The van der Waals surface area contributed by atoms with E-state index in [0.717, 1.165) is 0 Å². The normalized spacial score (nSPS) is 43.1. The number of hydrogen-bond acceptors (Lipinski definition) is 8. The first-order valence-corrected chi connectivity index (χ1v) is 9.38. The van der Waals surface area contributed by atoms with Crippen LogP contribution < -0.4 is 5.32 Å². The second-order valence-corrected chi connectivity index (χ2v) is 8.06. The molecule has 154 valence electrons. The molecule has 3 aliphatic rings. The summed E-state index contributed by atoms with van der Waals surface area (Å²) in [5, 5.41) is 12.9. The standard InChI is InChI=1S/C18H29NO8/c1-6-23-16(22)19-12-14(20)26-13-9(2)11(25-15(21)18(12,13)5)7-10-8-24-17(3,4)27-10/h9-14,20H,6-8H2,1-5H3,(H,19,22)/t9-,10+,11-,12+,13+,14?,18+/m1/s1. The van der Waals surface area contributed by atoms with Crippen LogP contribution in [0, 0.1) is 11.3 Å². The van der Waals surface area contributed by atoms with Gasteiger partial charge in [0.2, 0.25) is 0 Å². The van der Waals surface area contributed by atoms with E-state index in [1.54, 1.807) is 13.8 Å². The molecule has 2 N–H and O–H groups in total. The van der Waals surface area contributed by atoms with Crippen molar-refractivity contribution in [2.24, 2.45) is 11.3 Å². The zero-order valence-corrected chi connectivity index (χ0v) is 16.4. The van der Waals surface area contributed by atoms with E-state index in [2.05, 4.69) is 5.32 Å². The SMILES string of the molecule is CCOC(=O)N[C@H]1C(O)O[C@H]2[C@H](C)[C@@H](C[C@H]3COC(C)(C)O3)OC(=O)[C@@]12C. The van der Waals surface area contributed by atoms with E-state index in [9.17, 15) is 14.7 Å². The highest BCUT2D eigenvalue weighted by atomic mass is 16.7. The number of aliphatic hydroxyl groups excluding tert-OH is 1. The lowest BCUT2D eigenvalue weighted by Gasteiger charge is -2.43. The van der Waals surface area contributed by atoms with Gasteiger partial charge in [-0.1, -0.05) is 6.92 Å². The van der Waals surface area contributed by atoms with Crippen molar-refractivity contribution in [2.45, 2.75) is 77.5 Å². The number of aliphatic hydroxyl groups is 1. The third kappa shape index (κ3) is 3.65. The summed E-state index contributed by atoms with van der Waals surface area (Å²) >= 11 is 0. The van der Waals surface area contributed by atoms with Gasteiger partial charge in [0.1, 0.15) is 17.6 Å². The van der Waals surface area contributed by atoms with E-state index in [0.29, 0.717) is 13.0 Å². The Morgan fingerprint density at radius 1 is 1.37 bits per heavy atom. The summed E-state index contributed by atoms with van der Waals surface area (Å²) in [4.78, 5) is 24.7. The van der Waals surface area contributed by atoms with Gasteiger partial charge < -0.3 is 34.1 Å². The number of hydrogen-bond donors (Lipinski definition) is 2. The van der Waals surface area contributed by atoms with Crippen LogP contribution >= 0.6 is 0 Å². The van der Waals surface area contributed by atoms with Crippen molar-refractivity contribution in [1.29, 1.82) is 0 Å². The average Bonchev–Trinajstić information content (AvgIpc) is 3.05. The van der Waals surface area contributed by atoms with Crippen LogP contribution in [0.2, 0.25) is 0 Å². The first-order valence-electron chi connectivity index (χ1n) is 9.38. The van der Waals surface area contributed by atoms with Gasteiger partial charge >= 0.3 is 12.1 Å². The molecule has 3 saturated heterocycles. The van der Waals surface area contributed by atoms with Crippen LogP contribution in [0.15, 0.2) is 0 Å². The maximum absolute atomic E-state index is 12.9. The molecular formula is C18H29NO8. The topological polar surface area (TPSA) is 113 Å². The molecule has 0 aromatic heterocycles. The molecule has 3 fully saturated rings. The van der Waals surface area contributed by atoms with Crippen molar-refractivity contribution in [3.05, 3.63) is 0 Å². The van der Waals surface area contributed by atoms with Crippen molar-refractivity contribution in [3.8, 4) is 0 Å². The maximum Gasteiger partial charge on any atom is 0.407 e. The van der Waals surface area contributed by atoms with E-state index in [1.807, 2.05) is 20.8 Å². The zero-order valence-electron chi connectivity index (χ0n) is 16.4. The van der Waals surface area contributed by atoms with Crippen molar-refractivity contribution < 1.29 is 38.4 Å². The van der Waals surface area contributed by atoms with Gasteiger partial charge in [-0.25, -0.2) is 4.79 Å². The molecule has 3 heterocycles. The Bertz CT molecular complexity index is 596. The van der Waals surface area contributed by atoms with Gasteiger partial charge in [0.15, 0.2) is 12.1 Å². The van der Waals surface area contributed by atoms with Crippen LogP contribution in [-0.2, 0) is 28.5 Å². The Labute approximate surface area is 158 Å². The highest BCUT2D eigenvalue weighted by Gasteiger charge is 2.65. The largest absolute Gasteiger partial charge is 0.461 e. The molecule has 0 bridgehead atoms. The predicted molar refractivity (Wildman–Crippen MR) is 91.5 cm³/mol. The third-order valence-electron chi connectivity index (χ3n) is 5.68. The summed E-state index contributed by atoms with van der Waals surface area (Å²) in [5.74, 6) is -1.38. The van der Waals surface area contributed by atoms with Gasteiger partial charge in [-0.05, 0) is 27.7 Å². The Balaban J connectivity index is 1.73. The molecule has 0 spiro atoms. The molecule has 0 saturated carbocycles. The summed E-state index contributed by atoms with van der Waals surface area (Å²) in [7, 11) is 0. The van der Waals surface area contributed by atoms with E-state index in [1.165, 1.54) is 0 Å². The van der Waals surface area contributed by atoms with E-state index in [4.69, 9.17) is 23.7 Å². The smallest absolute Gasteiger partial charge is 0.407 e. The van der Waals surface area contributed by atoms with Gasteiger partial charge in [-0.3, -0.25) is 4.79 Å². The second-order valence-electron chi connectivity index (χ2n) is 8.06. The van der Waals surface area contributed by atoms with Gasteiger partial charge in [-0.2, -0.15) is 0 Å². The number of carbonyl (C=O) groups excluding carboxylic acids is 2. The highest BCUT2D eigenvalue weighted by Crippen LogP contribution is 2.48. The number of fused-ring (bicyclic) bond motifs is 1. The van der Waals surface area contributed by atoms with Crippen LogP contribution in [0.25, 0.3) is 0 Å². The fraction of sp³-hybridized carbons (Fsp3) is 0.889. The van der Waals surface area contributed by atoms with Gasteiger partial charge in [-0.15, -0.1) is 0 Å². The van der Waals surface area contributed by atoms with E-state index in [-0.39, 0.29) is 18.6 Å². The number of esters is 1. The second kappa shape index (κ2) is 7.20. The lowest BCUT2D eigenvalue weighted by atomic mass is 9.70. The first kappa shape index (κ1) is 20.3. The van der Waals surface area contributed by atoms with Gasteiger partial charge in [0.25, 0.3) is 0 Å². The molecule has 27 heavy (non-hydrogen) atoms. The Hall–Kier alpha value is -1.42. The predicted octanol–water partition coefficient (Wildman–Crippen LogP) is 0.928. The number of cyclic esters (lactones) is 1. The van der Waals surface area contributed by atoms with Gasteiger partial charge in [0, 0.05) is 12.3 Å². The number of rotatable bonds is 4. The maximum atomic E-state index is 12.9. The molecule has 0 aromatic rings. The summed E-state index contributed by atoms with van der Waals surface area (Å²) in [6, 6.07) is -0.956. The number of carbonyl (C=O) groups is 2. The molecule has 0 radical (unpaired) electrons. The fourth-order valence-electron chi connectivity index (χ4n) is 4.25. The van der Waals surface area contributed by atoms with E-state index < -0.39 is 47.8 Å². The number of ether oxygens (including phenoxy) is 5. The molecule has 1 unspecified atom stereocenters. The lowest BCUT2D eigenvalue weighted by molar-refractivity contribution is -0.197. The number of alkyl carbamates (subject to hydrolysis) is 1. The minimum atomic E-state index is -1.33.